The molecule has 90 valence electrons. The molecule has 0 spiro atoms. The Bertz CT molecular complexity index is 275. The molecular weight excluding hydrogens is 226 g/mol. The van der Waals surface area contributed by atoms with Crippen LogP contribution in [0.5, 0.6) is 0 Å². The molecule has 0 aromatic heterocycles. The van der Waals surface area contributed by atoms with Gasteiger partial charge in [0.1, 0.15) is 0 Å². The van der Waals surface area contributed by atoms with E-state index in [4.69, 9.17) is 4.84 Å². The van der Waals surface area contributed by atoms with E-state index in [9.17, 15) is 9.59 Å². The molecule has 0 atom stereocenters. The molecule has 4 nitrogen and oxygen atoms in total. The second-order valence-corrected chi connectivity index (χ2v) is 4.80. The Kier molecular flexibility index (Phi) is 5.38. The van der Waals surface area contributed by atoms with Crippen LogP contribution >= 0.6 is 11.8 Å². The topological polar surface area (TPSA) is 46.6 Å². The molecule has 0 aromatic carbocycles. The van der Waals surface area contributed by atoms with Crippen molar-refractivity contribution in [3.05, 3.63) is 12.3 Å². The number of hydroxylamine groups is 2. The highest BCUT2D eigenvalue weighted by Crippen LogP contribution is 2.21. The predicted octanol–water partition coefficient (Wildman–Crippen LogP) is 2.11. The van der Waals surface area contributed by atoms with Crippen LogP contribution in [-0.4, -0.2) is 28.4 Å². The first-order valence-corrected chi connectivity index (χ1v) is 6.60. The van der Waals surface area contributed by atoms with Crippen molar-refractivity contribution in [2.45, 2.75) is 32.6 Å². The lowest BCUT2D eigenvalue weighted by Crippen LogP contribution is -2.27. The summed E-state index contributed by atoms with van der Waals surface area (Å²) in [5.41, 5.74) is 0.569. The third-order valence-electron chi connectivity index (χ3n) is 2.13. The SMILES string of the molecule is C=C1CCC(=O)N1OC(=O)CCSCCC. The highest BCUT2D eigenvalue weighted by Gasteiger charge is 2.27. The van der Waals surface area contributed by atoms with Gasteiger partial charge in [-0.25, -0.2) is 4.79 Å². The van der Waals surface area contributed by atoms with Crippen molar-refractivity contribution < 1.29 is 14.4 Å². The van der Waals surface area contributed by atoms with E-state index >= 15 is 0 Å². The second-order valence-electron chi connectivity index (χ2n) is 3.58. The number of carbonyl (C=O) groups excluding carboxylic acids is 2. The lowest BCUT2D eigenvalue weighted by Gasteiger charge is -2.15. The fraction of sp³-hybridized carbons (Fsp3) is 0.636. The van der Waals surface area contributed by atoms with Crippen molar-refractivity contribution in [2.75, 3.05) is 11.5 Å². The Morgan fingerprint density at radius 1 is 1.50 bits per heavy atom. The van der Waals surface area contributed by atoms with Gasteiger partial charge in [0, 0.05) is 12.2 Å². The molecule has 1 fully saturated rings. The minimum atomic E-state index is -0.361. The van der Waals surface area contributed by atoms with Crippen molar-refractivity contribution >= 4 is 23.6 Å². The Morgan fingerprint density at radius 2 is 2.25 bits per heavy atom. The maximum absolute atomic E-state index is 11.4. The molecule has 0 radical (unpaired) electrons. The highest BCUT2D eigenvalue weighted by atomic mass is 32.2. The van der Waals surface area contributed by atoms with Gasteiger partial charge in [0.25, 0.3) is 5.91 Å². The first kappa shape index (κ1) is 13.1. The Balaban J connectivity index is 2.23. The molecule has 1 heterocycles. The molecule has 0 unspecified atom stereocenters. The van der Waals surface area contributed by atoms with E-state index < -0.39 is 0 Å². The van der Waals surface area contributed by atoms with Gasteiger partial charge in [-0.3, -0.25) is 4.79 Å². The molecule has 1 saturated heterocycles. The molecule has 16 heavy (non-hydrogen) atoms. The summed E-state index contributed by atoms with van der Waals surface area (Å²) in [5, 5.41) is 1.03. The monoisotopic (exact) mass is 243 g/mol. The maximum Gasteiger partial charge on any atom is 0.333 e. The summed E-state index contributed by atoms with van der Waals surface area (Å²) < 4.78 is 0. The largest absolute Gasteiger partial charge is 0.333 e. The van der Waals surface area contributed by atoms with Crippen LogP contribution < -0.4 is 0 Å². The zero-order chi connectivity index (χ0) is 12.0. The molecule has 5 heteroatoms. The standard InChI is InChI=1S/C11H17NO3S/c1-3-7-16-8-6-11(14)15-12-9(2)4-5-10(12)13/h2-8H2,1H3. The molecular formula is C11H17NO3S. The predicted molar refractivity (Wildman–Crippen MR) is 63.5 cm³/mol. The number of allylic oxidation sites excluding steroid dienone is 1. The van der Waals surface area contributed by atoms with Gasteiger partial charge >= 0.3 is 5.97 Å². The summed E-state index contributed by atoms with van der Waals surface area (Å²) in [4.78, 5) is 27.6. The van der Waals surface area contributed by atoms with Crippen LogP contribution in [0.2, 0.25) is 0 Å². The molecule has 1 aliphatic heterocycles. The van der Waals surface area contributed by atoms with Crippen LogP contribution in [0.15, 0.2) is 12.3 Å². The van der Waals surface area contributed by atoms with Crippen molar-refractivity contribution in [3.8, 4) is 0 Å². The minimum absolute atomic E-state index is 0.181. The third kappa shape index (κ3) is 3.89. The molecule has 0 N–H and O–H groups in total. The molecule has 0 bridgehead atoms. The van der Waals surface area contributed by atoms with Gasteiger partial charge in [-0.2, -0.15) is 11.8 Å². The van der Waals surface area contributed by atoms with Gasteiger partial charge in [0.15, 0.2) is 0 Å². The van der Waals surface area contributed by atoms with Crippen molar-refractivity contribution in [3.63, 3.8) is 0 Å². The molecule has 1 amide bonds. The summed E-state index contributed by atoms with van der Waals surface area (Å²) >= 11 is 1.71. The van der Waals surface area contributed by atoms with E-state index in [0.717, 1.165) is 23.0 Å². The van der Waals surface area contributed by atoms with E-state index in [1.807, 2.05) is 0 Å². The fourth-order valence-electron chi connectivity index (χ4n) is 1.30. The van der Waals surface area contributed by atoms with Gasteiger partial charge in [0.05, 0.1) is 12.1 Å². The zero-order valence-corrected chi connectivity index (χ0v) is 10.3. The van der Waals surface area contributed by atoms with E-state index in [0.29, 0.717) is 25.0 Å². The number of amides is 1. The molecule has 0 aromatic rings. The van der Waals surface area contributed by atoms with Gasteiger partial charge < -0.3 is 4.84 Å². The van der Waals surface area contributed by atoms with Gasteiger partial charge in [0.2, 0.25) is 0 Å². The lowest BCUT2D eigenvalue weighted by molar-refractivity contribution is -0.186. The van der Waals surface area contributed by atoms with Gasteiger partial charge in [-0.05, 0) is 18.6 Å². The number of hydrogen-bond donors (Lipinski definition) is 0. The molecule has 1 rings (SSSR count). The summed E-state index contributed by atoms with van der Waals surface area (Å²) in [6.45, 7) is 5.77. The van der Waals surface area contributed by atoms with Gasteiger partial charge in [-0.15, -0.1) is 5.06 Å². The smallest absolute Gasteiger partial charge is 0.333 e. The highest BCUT2D eigenvalue weighted by molar-refractivity contribution is 7.99. The first-order chi connectivity index (χ1) is 7.65. The van der Waals surface area contributed by atoms with Crippen molar-refractivity contribution in [1.29, 1.82) is 0 Å². The first-order valence-electron chi connectivity index (χ1n) is 5.44. The van der Waals surface area contributed by atoms with Crippen LogP contribution in [0.25, 0.3) is 0 Å². The van der Waals surface area contributed by atoms with Gasteiger partial charge in [-0.1, -0.05) is 13.5 Å². The van der Waals surface area contributed by atoms with Crippen molar-refractivity contribution in [2.24, 2.45) is 0 Å². The molecule has 1 aliphatic rings. The Morgan fingerprint density at radius 3 is 2.81 bits per heavy atom. The second kappa shape index (κ2) is 6.58. The Hall–Kier alpha value is -0.970. The van der Waals surface area contributed by atoms with Crippen LogP contribution in [0, 0.1) is 0 Å². The molecule has 0 saturated carbocycles. The third-order valence-corrected chi connectivity index (χ3v) is 3.32. The average molecular weight is 243 g/mol. The van der Waals surface area contributed by atoms with E-state index in [2.05, 4.69) is 13.5 Å². The maximum atomic E-state index is 11.4. The Labute approximate surface area is 100.0 Å². The average Bonchev–Trinajstić information content (AvgIpc) is 2.56. The summed E-state index contributed by atoms with van der Waals surface area (Å²) in [7, 11) is 0. The van der Waals surface area contributed by atoms with E-state index in [1.165, 1.54) is 0 Å². The summed E-state index contributed by atoms with van der Waals surface area (Å²) in [5.74, 6) is 1.24. The molecule has 0 aliphatic carbocycles. The lowest BCUT2D eigenvalue weighted by atomic mass is 10.3. The minimum Gasteiger partial charge on any atom is -0.333 e. The zero-order valence-electron chi connectivity index (χ0n) is 9.53. The van der Waals surface area contributed by atoms with Crippen LogP contribution in [-0.2, 0) is 14.4 Å². The number of thioether (sulfide) groups is 1. The van der Waals surface area contributed by atoms with Crippen molar-refractivity contribution in [1.82, 2.24) is 5.06 Å². The normalized spacial score (nSPS) is 15.7. The van der Waals surface area contributed by atoms with Crippen LogP contribution in [0.4, 0.5) is 0 Å². The van der Waals surface area contributed by atoms with Crippen LogP contribution in [0.3, 0.4) is 0 Å². The fourth-order valence-corrected chi connectivity index (χ4v) is 2.10. The van der Waals surface area contributed by atoms with E-state index in [-0.39, 0.29) is 11.9 Å². The number of carbonyl (C=O) groups is 2. The van der Waals surface area contributed by atoms with Crippen LogP contribution in [0.1, 0.15) is 32.6 Å². The summed E-state index contributed by atoms with van der Waals surface area (Å²) in [6, 6.07) is 0. The number of nitrogens with zero attached hydrogens (tertiary/aromatic N) is 1. The summed E-state index contributed by atoms with van der Waals surface area (Å²) in [6.07, 6.45) is 2.40. The number of hydrogen-bond acceptors (Lipinski definition) is 4. The quantitative estimate of drug-likeness (QED) is 0.670. The van der Waals surface area contributed by atoms with E-state index in [1.54, 1.807) is 11.8 Å². The number of rotatable bonds is 6.